The highest BCUT2D eigenvalue weighted by molar-refractivity contribution is 5.67. The van der Waals surface area contributed by atoms with Crippen LogP contribution in [0.5, 0.6) is 0 Å². The van der Waals surface area contributed by atoms with Crippen LogP contribution in [0.4, 0.5) is 4.79 Å². The molecule has 1 saturated heterocycles. The Hall–Kier alpha value is -0.970. The molecule has 0 saturated carbocycles. The quantitative estimate of drug-likeness (QED) is 0.549. The summed E-state index contributed by atoms with van der Waals surface area (Å²) in [6.07, 6.45) is 1.23. The largest absolute Gasteiger partial charge is 0.453 e. The van der Waals surface area contributed by atoms with E-state index in [2.05, 4.69) is 9.80 Å². The lowest BCUT2D eigenvalue weighted by Gasteiger charge is -2.31. The molecule has 1 fully saturated rings. The molecule has 0 aromatic heterocycles. The molecule has 9 nitrogen and oxygen atoms in total. The van der Waals surface area contributed by atoms with Gasteiger partial charge in [0.15, 0.2) is 0 Å². The monoisotopic (exact) mass is 419 g/mol. The number of nitrogens with zero attached hydrogens (tertiary/aromatic N) is 3. The van der Waals surface area contributed by atoms with Crippen LogP contribution in [0.1, 0.15) is 26.2 Å². The van der Waals surface area contributed by atoms with Gasteiger partial charge in [0.2, 0.25) is 0 Å². The van der Waals surface area contributed by atoms with Gasteiger partial charge in [-0.25, -0.2) is 4.79 Å². The van der Waals surface area contributed by atoms with Crippen molar-refractivity contribution in [3.63, 3.8) is 0 Å². The van der Waals surface area contributed by atoms with Crippen molar-refractivity contribution in [3.05, 3.63) is 0 Å². The summed E-state index contributed by atoms with van der Waals surface area (Å²) in [6.45, 7) is 8.74. The lowest BCUT2D eigenvalue weighted by atomic mass is 10.2. The van der Waals surface area contributed by atoms with Gasteiger partial charge >= 0.3 is 6.09 Å². The van der Waals surface area contributed by atoms with Gasteiger partial charge in [-0.2, -0.15) is 0 Å². The second kappa shape index (κ2) is 15.8. The first-order valence-corrected chi connectivity index (χ1v) is 10.7. The molecule has 2 atom stereocenters. The van der Waals surface area contributed by atoms with Crippen molar-refractivity contribution < 1.29 is 29.2 Å². The number of amides is 1. The summed E-state index contributed by atoms with van der Waals surface area (Å²) in [7, 11) is 2.99. The van der Waals surface area contributed by atoms with Crippen LogP contribution in [-0.4, -0.2) is 130 Å². The molecule has 2 unspecified atom stereocenters. The molecule has 172 valence electrons. The smallest absolute Gasteiger partial charge is 0.409 e. The van der Waals surface area contributed by atoms with Crippen LogP contribution >= 0.6 is 0 Å². The van der Waals surface area contributed by atoms with Gasteiger partial charge in [0, 0.05) is 39.9 Å². The molecule has 0 bridgehead atoms. The molecule has 1 aliphatic rings. The fourth-order valence-corrected chi connectivity index (χ4v) is 3.65. The minimum absolute atomic E-state index is 0.306. The molecular weight excluding hydrogens is 378 g/mol. The summed E-state index contributed by atoms with van der Waals surface area (Å²) in [5, 5.41) is 20.3. The molecule has 1 heterocycles. The van der Waals surface area contributed by atoms with Gasteiger partial charge in [0.05, 0.1) is 32.5 Å². The standard InChI is InChI=1S/C20H41N3O6/c1-4-29-17-19(25)15-22-9-5-8-21(14-18(24)16-27-2)10-6-12-23(13-7-11-22)20(26)28-3/h18-19,24-25H,4-17H2,1-3H3. The van der Waals surface area contributed by atoms with Crippen LogP contribution < -0.4 is 0 Å². The van der Waals surface area contributed by atoms with E-state index in [4.69, 9.17) is 14.2 Å². The van der Waals surface area contributed by atoms with Gasteiger partial charge < -0.3 is 39.1 Å². The Labute approximate surface area is 175 Å². The zero-order valence-electron chi connectivity index (χ0n) is 18.4. The number of β-amino-alcohol motifs (C(OH)–C–C–N with tert-alkyl or cyclic N) is 2. The van der Waals surface area contributed by atoms with Crippen LogP contribution in [0.2, 0.25) is 0 Å². The summed E-state index contributed by atoms with van der Waals surface area (Å²) in [5.41, 5.74) is 0. The van der Waals surface area contributed by atoms with Crippen LogP contribution in [0.25, 0.3) is 0 Å². The first kappa shape index (κ1) is 26.1. The Kier molecular flexibility index (Phi) is 14.2. The minimum Gasteiger partial charge on any atom is -0.453 e. The molecule has 0 radical (unpaired) electrons. The van der Waals surface area contributed by atoms with E-state index >= 15 is 0 Å². The fraction of sp³-hybridized carbons (Fsp3) is 0.950. The molecule has 0 aliphatic carbocycles. The third-order valence-corrected chi connectivity index (χ3v) is 5.00. The highest BCUT2D eigenvalue weighted by Crippen LogP contribution is 2.07. The van der Waals surface area contributed by atoms with E-state index in [-0.39, 0.29) is 6.09 Å². The number of hydrogen-bond donors (Lipinski definition) is 2. The number of hydrogen-bond acceptors (Lipinski definition) is 8. The van der Waals surface area contributed by atoms with Crippen molar-refractivity contribution in [2.24, 2.45) is 0 Å². The summed E-state index contributed by atoms with van der Waals surface area (Å²) < 4.78 is 15.3. The number of rotatable bonds is 9. The van der Waals surface area contributed by atoms with Gasteiger partial charge in [-0.15, -0.1) is 0 Å². The Bertz CT molecular complexity index is 429. The van der Waals surface area contributed by atoms with Crippen molar-refractivity contribution >= 4 is 6.09 Å². The molecule has 9 heteroatoms. The van der Waals surface area contributed by atoms with Gasteiger partial charge in [0.1, 0.15) is 0 Å². The molecule has 1 aliphatic heterocycles. The Morgan fingerprint density at radius 1 is 0.862 bits per heavy atom. The maximum Gasteiger partial charge on any atom is 0.409 e. The summed E-state index contributed by atoms with van der Waals surface area (Å²) >= 11 is 0. The predicted octanol–water partition coefficient (Wildman–Crippen LogP) is 0.247. The number of ether oxygens (including phenoxy) is 3. The molecule has 0 spiro atoms. The second-order valence-corrected chi connectivity index (χ2v) is 7.54. The molecule has 0 aromatic carbocycles. The first-order chi connectivity index (χ1) is 14.0. The Balaban J connectivity index is 2.70. The lowest BCUT2D eigenvalue weighted by Crippen LogP contribution is -2.42. The second-order valence-electron chi connectivity index (χ2n) is 7.54. The van der Waals surface area contributed by atoms with E-state index in [0.717, 1.165) is 45.4 Å². The molecule has 2 N–H and O–H groups in total. The highest BCUT2D eigenvalue weighted by atomic mass is 16.5. The molecular formula is C20H41N3O6. The van der Waals surface area contributed by atoms with E-state index in [0.29, 0.717) is 46.0 Å². The molecule has 1 rings (SSSR count). The summed E-state index contributed by atoms with van der Waals surface area (Å²) in [4.78, 5) is 18.3. The van der Waals surface area contributed by atoms with Crippen molar-refractivity contribution in [2.75, 3.05) is 86.4 Å². The third kappa shape index (κ3) is 11.7. The van der Waals surface area contributed by atoms with Gasteiger partial charge in [0.25, 0.3) is 0 Å². The fourth-order valence-electron chi connectivity index (χ4n) is 3.65. The SMILES string of the molecule is CCOCC(O)CN1CCCN(CC(O)COC)CCCN(C(=O)OC)CCC1. The van der Waals surface area contributed by atoms with Gasteiger partial charge in [-0.05, 0) is 52.4 Å². The number of carbonyl (C=O) groups is 1. The van der Waals surface area contributed by atoms with E-state index < -0.39 is 12.2 Å². The van der Waals surface area contributed by atoms with E-state index in [1.54, 1.807) is 12.0 Å². The number of aliphatic hydroxyl groups excluding tert-OH is 2. The van der Waals surface area contributed by atoms with Crippen molar-refractivity contribution in [2.45, 2.75) is 38.4 Å². The molecule has 29 heavy (non-hydrogen) atoms. The van der Waals surface area contributed by atoms with Crippen LogP contribution in [0.15, 0.2) is 0 Å². The summed E-state index contributed by atoms with van der Waals surface area (Å²) in [6, 6.07) is 0. The van der Waals surface area contributed by atoms with E-state index in [1.165, 1.54) is 7.11 Å². The summed E-state index contributed by atoms with van der Waals surface area (Å²) in [5.74, 6) is 0. The van der Waals surface area contributed by atoms with Gasteiger partial charge in [-0.1, -0.05) is 0 Å². The molecule has 1 amide bonds. The molecule has 0 aromatic rings. The number of aliphatic hydroxyl groups is 2. The first-order valence-electron chi connectivity index (χ1n) is 10.7. The topological polar surface area (TPSA) is 94.9 Å². The van der Waals surface area contributed by atoms with Crippen molar-refractivity contribution in [3.8, 4) is 0 Å². The Morgan fingerprint density at radius 3 is 1.79 bits per heavy atom. The van der Waals surface area contributed by atoms with Crippen molar-refractivity contribution in [1.82, 2.24) is 14.7 Å². The normalized spacial score (nSPS) is 20.5. The van der Waals surface area contributed by atoms with Gasteiger partial charge in [-0.3, -0.25) is 0 Å². The Morgan fingerprint density at radius 2 is 1.34 bits per heavy atom. The third-order valence-electron chi connectivity index (χ3n) is 5.00. The average molecular weight is 420 g/mol. The lowest BCUT2D eigenvalue weighted by molar-refractivity contribution is 0.0175. The average Bonchev–Trinajstić information content (AvgIpc) is 2.69. The maximum atomic E-state index is 12.1. The zero-order chi connectivity index (χ0) is 21.5. The van der Waals surface area contributed by atoms with E-state index in [9.17, 15) is 15.0 Å². The van der Waals surface area contributed by atoms with Crippen molar-refractivity contribution in [1.29, 1.82) is 0 Å². The maximum absolute atomic E-state index is 12.1. The number of carbonyl (C=O) groups excluding carboxylic acids is 1. The van der Waals surface area contributed by atoms with E-state index in [1.807, 2.05) is 6.92 Å². The zero-order valence-corrected chi connectivity index (χ0v) is 18.4. The van der Waals surface area contributed by atoms with Crippen LogP contribution in [0, 0.1) is 0 Å². The highest BCUT2D eigenvalue weighted by Gasteiger charge is 2.19. The van der Waals surface area contributed by atoms with Crippen LogP contribution in [-0.2, 0) is 14.2 Å². The predicted molar refractivity (Wildman–Crippen MR) is 111 cm³/mol. The van der Waals surface area contributed by atoms with Crippen LogP contribution in [0.3, 0.4) is 0 Å². The minimum atomic E-state index is -0.534. The number of methoxy groups -OCH3 is 2.